The van der Waals surface area contributed by atoms with E-state index in [4.69, 9.17) is 9.47 Å². The zero-order chi connectivity index (χ0) is 18.7. The summed E-state index contributed by atoms with van der Waals surface area (Å²) in [4.78, 5) is 18.2. The van der Waals surface area contributed by atoms with E-state index in [1.807, 2.05) is 30.3 Å². The van der Waals surface area contributed by atoms with Gasteiger partial charge < -0.3 is 9.47 Å². The molecule has 0 aliphatic rings. The molecule has 0 saturated heterocycles. The lowest BCUT2D eigenvalue weighted by Crippen LogP contribution is -2.11. The van der Waals surface area contributed by atoms with Gasteiger partial charge in [0.1, 0.15) is 21.7 Å². The smallest absolute Gasteiger partial charge is 0.257 e. The van der Waals surface area contributed by atoms with Crippen LogP contribution in [0.2, 0.25) is 0 Å². The van der Waals surface area contributed by atoms with E-state index in [2.05, 4.69) is 24.1 Å². The number of methoxy groups -OCH3 is 2. The molecule has 0 radical (unpaired) electrons. The molecule has 0 saturated carbocycles. The summed E-state index contributed by atoms with van der Waals surface area (Å²) in [5.74, 6) is 1.16. The van der Waals surface area contributed by atoms with Crippen LogP contribution in [0.15, 0.2) is 41.3 Å². The minimum atomic E-state index is -0.192. The quantitative estimate of drug-likeness (QED) is 0.598. The van der Waals surface area contributed by atoms with Crippen molar-refractivity contribution in [3.63, 3.8) is 0 Å². The third kappa shape index (κ3) is 3.94. The second-order valence-electron chi connectivity index (χ2n) is 5.81. The number of thiazole rings is 1. The van der Waals surface area contributed by atoms with Crippen molar-refractivity contribution in [1.29, 1.82) is 0 Å². The van der Waals surface area contributed by atoms with Gasteiger partial charge in [0.25, 0.3) is 5.91 Å². The van der Waals surface area contributed by atoms with E-state index in [-0.39, 0.29) is 5.91 Å². The van der Waals surface area contributed by atoms with Crippen molar-refractivity contribution in [2.45, 2.75) is 24.0 Å². The molecule has 0 aliphatic heterocycles. The topological polar surface area (TPSA) is 60.5 Å². The van der Waals surface area contributed by atoms with Gasteiger partial charge in [0.15, 0.2) is 5.13 Å². The number of carbonyl (C=O) groups excluding carboxylic acids is 1. The Kier molecular flexibility index (Phi) is 5.68. The van der Waals surface area contributed by atoms with Crippen LogP contribution in [-0.2, 0) is 0 Å². The maximum absolute atomic E-state index is 12.5. The summed E-state index contributed by atoms with van der Waals surface area (Å²) >= 11 is 3.12. The number of rotatable bonds is 6. The predicted octanol–water partition coefficient (Wildman–Crippen LogP) is 5.07. The molecule has 1 N–H and O–H groups in total. The zero-order valence-corrected chi connectivity index (χ0v) is 16.7. The Labute approximate surface area is 160 Å². The highest BCUT2D eigenvalue weighted by atomic mass is 32.2. The monoisotopic (exact) mass is 388 g/mol. The summed E-state index contributed by atoms with van der Waals surface area (Å²) in [5, 5.41) is 3.87. The summed E-state index contributed by atoms with van der Waals surface area (Å²) < 4.78 is 11.6. The van der Waals surface area contributed by atoms with E-state index < -0.39 is 0 Å². The number of hydrogen-bond donors (Lipinski definition) is 1. The highest BCUT2D eigenvalue weighted by Crippen LogP contribution is 2.38. The van der Waals surface area contributed by atoms with Gasteiger partial charge in [-0.3, -0.25) is 10.1 Å². The Morgan fingerprint density at radius 3 is 2.35 bits per heavy atom. The second kappa shape index (κ2) is 7.97. The molecule has 1 heterocycles. The minimum absolute atomic E-state index is 0.192. The van der Waals surface area contributed by atoms with Crippen LogP contribution in [0, 0.1) is 0 Å². The van der Waals surface area contributed by atoms with E-state index >= 15 is 0 Å². The molecule has 3 rings (SSSR count). The highest BCUT2D eigenvalue weighted by Gasteiger charge is 2.16. The van der Waals surface area contributed by atoms with Crippen LogP contribution in [-0.4, -0.2) is 30.4 Å². The van der Waals surface area contributed by atoms with Gasteiger partial charge in [-0.2, -0.15) is 0 Å². The molecule has 5 nitrogen and oxygen atoms in total. The van der Waals surface area contributed by atoms with Gasteiger partial charge in [0, 0.05) is 15.7 Å². The summed E-state index contributed by atoms with van der Waals surface area (Å²) in [7, 11) is 3.20. The third-order valence-corrected chi connectivity index (χ3v) is 5.62. The summed E-state index contributed by atoms with van der Waals surface area (Å²) in [6.45, 7) is 4.28. The largest absolute Gasteiger partial charge is 0.495 e. The summed E-state index contributed by atoms with van der Waals surface area (Å²) in [6.07, 6.45) is 0. The highest BCUT2D eigenvalue weighted by molar-refractivity contribution is 7.99. The lowest BCUT2D eigenvalue weighted by molar-refractivity contribution is 0.102. The molecule has 0 bridgehead atoms. The van der Waals surface area contributed by atoms with Crippen LogP contribution in [0.4, 0.5) is 5.13 Å². The van der Waals surface area contributed by atoms with Gasteiger partial charge >= 0.3 is 0 Å². The first-order valence-electron chi connectivity index (χ1n) is 8.11. The molecular formula is C19H20N2O3S2. The molecule has 136 valence electrons. The van der Waals surface area contributed by atoms with Crippen LogP contribution < -0.4 is 14.8 Å². The fourth-order valence-electron chi connectivity index (χ4n) is 2.47. The van der Waals surface area contributed by atoms with Crippen molar-refractivity contribution >= 4 is 44.4 Å². The molecule has 0 aliphatic carbocycles. The minimum Gasteiger partial charge on any atom is -0.495 e. The van der Waals surface area contributed by atoms with Crippen LogP contribution in [0.25, 0.3) is 10.2 Å². The Morgan fingerprint density at radius 1 is 1.08 bits per heavy atom. The Bertz CT molecular complexity index is 879. The van der Waals surface area contributed by atoms with Gasteiger partial charge in [-0.15, -0.1) is 11.8 Å². The van der Waals surface area contributed by atoms with Crippen molar-refractivity contribution in [3.8, 4) is 11.5 Å². The summed E-state index contributed by atoms with van der Waals surface area (Å²) in [5.41, 5.74) is 1.27. The first-order chi connectivity index (χ1) is 12.5. The van der Waals surface area contributed by atoms with Crippen molar-refractivity contribution in [2.24, 2.45) is 0 Å². The molecule has 26 heavy (non-hydrogen) atoms. The fraction of sp³-hybridized carbons (Fsp3) is 0.263. The number of thioether (sulfide) groups is 1. The molecule has 0 spiro atoms. The number of amides is 1. The van der Waals surface area contributed by atoms with E-state index in [0.29, 0.717) is 33.0 Å². The van der Waals surface area contributed by atoms with Crippen molar-refractivity contribution in [1.82, 2.24) is 4.98 Å². The average Bonchev–Trinajstić information content (AvgIpc) is 3.04. The zero-order valence-electron chi connectivity index (χ0n) is 15.0. The van der Waals surface area contributed by atoms with Crippen LogP contribution in [0.5, 0.6) is 11.5 Å². The predicted molar refractivity (Wildman–Crippen MR) is 108 cm³/mol. The number of nitrogens with zero attached hydrogens (tertiary/aromatic N) is 1. The molecular weight excluding hydrogens is 368 g/mol. The SMILES string of the molecule is COc1ccc(OC)c2sc(NC(=O)c3ccc(SC(C)C)cc3)nc12. The summed E-state index contributed by atoms with van der Waals surface area (Å²) in [6, 6.07) is 11.2. The average molecular weight is 389 g/mol. The lowest BCUT2D eigenvalue weighted by Gasteiger charge is -2.06. The number of hydrogen-bond acceptors (Lipinski definition) is 6. The van der Waals surface area contributed by atoms with Crippen molar-refractivity contribution in [3.05, 3.63) is 42.0 Å². The molecule has 2 aromatic carbocycles. The first kappa shape index (κ1) is 18.5. The number of fused-ring (bicyclic) bond motifs is 1. The van der Waals surface area contributed by atoms with E-state index in [1.165, 1.54) is 11.3 Å². The number of anilines is 1. The Balaban J connectivity index is 1.83. The third-order valence-electron chi connectivity index (χ3n) is 3.62. The molecule has 0 unspecified atom stereocenters. The molecule has 0 fully saturated rings. The standard InChI is InChI=1S/C19H20N2O3S2/c1-11(2)25-13-7-5-12(6-8-13)18(22)21-19-20-16-14(23-3)9-10-15(24-4)17(16)26-19/h5-11H,1-4H3,(H,20,21,22). The Hall–Kier alpha value is -2.25. The molecule has 1 aromatic heterocycles. The molecule has 0 atom stereocenters. The van der Waals surface area contributed by atoms with Crippen LogP contribution in [0.3, 0.4) is 0 Å². The van der Waals surface area contributed by atoms with Gasteiger partial charge in [0.2, 0.25) is 0 Å². The van der Waals surface area contributed by atoms with Gasteiger partial charge in [-0.25, -0.2) is 4.98 Å². The second-order valence-corrected chi connectivity index (χ2v) is 8.46. The number of ether oxygens (including phenoxy) is 2. The molecule has 7 heteroatoms. The lowest BCUT2D eigenvalue weighted by atomic mass is 10.2. The van der Waals surface area contributed by atoms with Gasteiger partial charge in [0.05, 0.1) is 14.2 Å². The normalized spacial score (nSPS) is 11.0. The number of carbonyl (C=O) groups is 1. The molecule has 1 amide bonds. The van der Waals surface area contributed by atoms with Gasteiger partial charge in [-0.1, -0.05) is 25.2 Å². The van der Waals surface area contributed by atoms with Crippen molar-refractivity contribution in [2.75, 3.05) is 19.5 Å². The van der Waals surface area contributed by atoms with Crippen LogP contribution >= 0.6 is 23.1 Å². The van der Waals surface area contributed by atoms with E-state index in [1.54, 1.807) is 32.0 Å². The van der Waals surface area contributed by atoms with E-state index in [0.717, 1.165) is 9.60 Å². The van der Waals surface area contributed by atoms with E-state index in [9.17, 15) is 4.79 Å². The number of nitrogens with one attached hydrogen (secondary N) is 1. The number of aromatic nitrogens is 1. The fourth-order valence-corrected chi connectivity index (χ4v) is 4.27. The Morgan fingerprint density at radius 2 is 1.73 bits per heavy atom. The van der Waals surface area contributed by atoms with Crippen molar-refractivity contribution < 1.29 is 14.3 Å². The molecule has 3 aromatic rings. The maximum Gasteiger partial charge on any atom is 0.257 e. The van der Waals surface area contributed by atoms with Crippen LogP contribution in [0.1, 0.15) is 24.2 Å². The first-order valence-corrected chi connectivity index (χ1v) is 9.81. The van der Waals surface area contributed by atoms with Gasteiger partial charge in [-0.05, 0) is 36.4 Å². The maximum atomic E-state index is 12.5. The number of benzene rings is 2.